The van der Waals surface area contributed by atoms with Crippen LogP contribution in [0.1, 0.15) is 22.5 Å². The van der Waals surface area contributed by atoms with Crippen LogP contribution in [0.4, 0.5) is 0 Å². The van der Waals surface area contributed by atoms with Crippen LogP contribution < -0.4 is 4.74 Å². The summed E-state index contributed by atoms with van der Waals surface area (Å²) in [7, 11) is 1.37. The zero-order valence-electron chi connectivity index (χ0n) is 8.25. The predicted octanol–water partition coefficient (Wildman–Crippen LogP) is 1.80. The van der Waals surface area contributed by atoms with Crippen molar-refractivity contribution in [3.63, 3.8) is 0 Å². The quantitative estimate of drug-likeness (QED) is 0.450. The van der Waals surface area contributed by atoms with E-state index in [-0.39, 0.29) is 5.97 Å². The fraction of sp³-hybridized carbons (Fsp3) is 0.400. The molecule has 0 fully saturated rings. The molecule has 0 aromatic carbocycles. The smallest absolute Gasteiger partial charge is 0.341 e. The minimum Gasteiger partial charge on any atom is -0.491 e. The first-order valence-corrected chi connectivity index (χ1v) is 5.71. The van der Waals surface area contributed by atoms with Crippen LogP contribution in [0, 0.1) is 3.70 Å². The van der Waals surface area contributed by atoms with Crippen molar-refractivity contribution >= 4 is 28.6 Å². The SMILES string of the molecule is COC(=O)c1cc(I)nc2c1OCCC2. The maximum Gasteiger partial charge on any atom is 0.341 e. The van der Waals surface area contributed by atoms with Crippen molar-refractivity contribution in [2.24, 2.45) is 0 Å². The minimum atomic E-state index is -0.367. The lowest BCUT2D eigenvalue weighted by atomic mass is 10.1. The molecule has 0 bridgehead atoms. The first-order chi connectivity index (χ1) is 7.22. The highest BCUT2D eigenvalue weighted by molar-refractivity contribution is 14.1. The van der Waals surface area contributed by atoms with Crippen LogP contribution in [-0.2, 0) is 11.2 Å². The Labute approximate surface area is 101 Å². The molecule has 0 unspecified atom stereocenters. The molecular formula is C10H10INO3. The summed E-state index contributed by atoms with van der Waals surface area (Å²) in [6, 6.07) is 1.69. The summed E-state index contributed by atoms with van der Waals surface area (Å²) >= 11 is 2.09. The molecule has 4 nitrogen and oxygen atoms in total. The van der Waals surface area contributed by atoms with Gasteiger partial charge in [0.05, 0.1) is 19.4 Å². The van der Waals surface area contributed by atoms with E-state index in [1.807, 2.05) is 0 Å². The van der Waals surface area contributed by atoms with Gasteiger partial charge in [-0.15, -0.1) is 0 Å². The van der Waals surface area contributed by atoms with Gasteiger partial charge in [-0.3, -0.25) is 0 Å². The highest BCUT2D eigenvalue weighted by Crippen LogP contribution is 2.29. The molecule has 5 heteroatoms. The molecule has 1 aromatic heterocycles. The molecule has 0 spiro atoms. The van der Waals surface area contributed by atoms with Gasteiger partial charge in [-0.1, -0.05) is 0 Å². The maximum atomic E-state index is 11.5. The van der Waals surface area contributed by atoms with Crippen molar-refractivity contribution in [2.45, 2.75) is 12.8 Å². The number of fused-ring (bicyclic) bond motifs is 1. The van der Waals surface area contributed by atoms with Crippen LogP contribution in [0.2, 0.25) is 0 Å². The number of hydrogen-bond acceptors (Lipinski definition) is 4. The highest BCUT2D eigenvalue weighted by Gasteiger charge is 2.22. The van der Waals surface area contributed by atoms with Gasteiger partial charge < -0.3 is 9.47 Å². The lowest BCUT2D eigenvalue weighted by molar-refractivity contribution is 0.0594. The number of hydrogen-bond donors (Lipinski definition) is 0. The van der Waals surface area contributed by atoms with Gasteiger partial charge in [0, 0.05) is 0 Å². The Balaban J connectivity index is 2.52. The van der Waals surface area contributed by atoms with Crippen molar-refractivity contribution in [3.8, 4) is 5.75 Å². The summed E-state index contributed by atoms with van der Waals surface area (Å²) in [6.07, 6.45) is 1.80. The summed E-state index contributed by atoms with van der Waals surface area (Å²) in [5, 5.41) is 0. The monoisotopic (exact) mass is 319 g/mol. The summed E-state index contributed by atoms with van der Waals surface area (Å²) in [6.45, 7) is 0.638. The van der Waals surface area contributed by atoms with E-state index in [1.54, 1.807) is 6.07 Å². The maximum absolute atomic E-state index is 11.5. The largest absolute Gasteiger partial charge is 0.491 e. The molecule has 0 N–H and O–H groups in total. The van der Waals surface area contributed by atoms with E-state index in [9.17, 15) is 4.79 Å². The second-order valence-electron chi connectivity index (χ2n) is 3.21. The molecule has 0 aliphatic carbocycles. The number of esters is 1. The molecule has 80 valence electrons. The number of aryl methyl sites for hydroxylation is 1. The van der Waals surface area contributed by atoms with E-state index in [4.69, 9.17) is 9.47 Å². The van der Waals surface area contributed by atoms with Crippen molar-refractivity contribution in [3.05, 3.63) is 21.0 Å². The molecule has 1 aliphatic rings. The number of aromatic nitrogens is 1. The van der Waals surface area contributed by atoms with Crippen LogP contribution in [0.15, 0.2) is 6.07 Å². The molecule has 2 heterocycles. The number of carbonyl (C=O) groups is 1. The zero-order valence-corrected chi connectivity index (χ0v) is 10.4. The van der Waals surface area contributed by atoms with E-state index in [0.29, 0.717) is 17.9 Å². The van der Waals surface area contributed by atoms with Gasteiger partial charge in [0.25, 0.3) is 0 Å². The molecule has 1 aliphatic heterocycles. The van der Waals surface area contributed by atoms with E-state index < -0.39 is 0 Å². The fourth-order valence-corrected chi connectivity index (χ4v) is 2.16. The molecule has 0 saturated heterocycles. The molecule has 0 atom stereocenters. The first kappa shape index (κ1) is 10.7. The number of pyridine rings is 1. The highest BCUT2D eigenvalue weighted by atomic mass is 127. The van der Waals surface area contributed by atoms with Crippen molar-refractivity contribution in [2.75, 3.05) is 13.7 Å². The Morgan fingerprint density at radius 2 is 2.47 bits per heavy atom. The Morgan fingerprint density at radius 1 is 1.67 bits per heavy atom. The Bertz CT molecular complexity index is 406. The van der Waals surface area contributed by atoms with Gasteiger partial charge in [-0.2, -0.15) is 0 Å². The molecule has 15 heavy (non-hydrogen) atoms. The third-order valence-electron chi connectivity index (χ3n) is 2.22. The predicted molar refractivity (Wildman–Crippen MR) is 62.1 cm³/mol. The first-order valence-electron chi connectivity index (χ1n) is 4.63. The van der Waals surface area contributed by atoms with E-state index in [2.05, 4.69) is 27.6 Å². The van der Waals surface area contributed by atoms with Gasteiger partial charge in [0.15, 0.2) is 5.75 Å². The van der Waals surface area contributed by atoms with Crippen LogP contribution in [0.3, 0.4) is 0 Å². The van der Waals surface area contributed by atoms with Crippen LogP contribution in [0.25, 0.3) is 0 Å². The van der Waals surface area contributed by atoms with Crippen molar-refractivity contribution in [1.82, 2.24) is 4.98 Å². The van der Waals surface area contributed by atoms with E-state index >= 15 is 0 Å². The summed E-state index contributed by atoms with van der Waals surface area (Å²) in [5.41, 5.74) is 1.33. The van der Waals surface area contributed by atoms with Gasteiger partial charge in [0.1, 0.15) is 9.26 Å². The minimum absolute atomic E-state index is 0.367. The summed E-state index contributed by atoms with van der Waals surface area (Å²) in [4.78, 5) is 15.8. The van der Waals surface area contributed by atoms with Gasteiger partial charge in [0.2, 0.25) is 0 Å². The second kappa shape index (κ2) is 4.34. The number of nitrogens with zero attached hydrogens (tertiary/aromatic N) is 1. The van der Waals surface area contributed by atoms with E-state index in [0.717, 1.165) is 22.2 Å². The third-order valence-corrected chi connectivity index (χ3v) is 2.77. The Kier molecular flexibility index (Phi) is 3.08. The molecule has 1 aromatic rings. The molecule has 0 amide bonds. The third kappa shape index (κ3) is 2.06. The zero-order chi connectivity index (χ0) is 10.8. The number of ether oxygens (including phenoxy) is 2. The summed E-state index contributed by atoms with van der Waals surface area (Å²) < 4.78 is 11.0. The van der Waals surface area contributed by atoms with Crippen LogP contribution in [0.5, 0.6) is 5.75 Å². The topological polar surface area (TPSA) is 48.4 Å². The van der Waals surface area contributed by atoms with Crippen molar-refractivity contribution < 1.29 is 14.3 Å². The second-order valence-corrected chi connectivity index (χ2v) is 4.32. The van der Waals surface area contributed by atoms with Gasteiger partial charge >= 0.3 is 5.97 Å². The molecule has 0 saturated carbocycles. The van der Waals surface area contributed by atoms with Crippen LogP contribution in [-0.4, -0.2) is 24.7 Å². The summed E-state index contributed by atoms with van der Waals surface area (Å²) in [5.74, 6) is 0.224. The van der Waals surface area contributed by atoms with Gasteiger partial charge in [-0.05, 0) is 41.5 Å². The lowest BCUT2D eigenvalue weighted by Gasteiger charge is -2.18. The molecule has 2 rings (SSSR count). The number of halogens is 1. The van der Waals surface area contributed by atoms with E-state index in [1.165, 1.54) is 7.11 Å². The molecular weight excluding hydrogens is 309 g/mol. The average Bonchev–Trinajstić information content (AvgIpc) is 2.26. The number of carbonyl (C=O) groups excluding carboxylic acids is 1. The van der Waals surface area contributed by atoms with Gasteiger partial charge in [-0.25, -0.2) is 9.78 Å². The standard InChI is InChI=1S/C10H10INO3/c1-14-10(13)6-5-8(11)12-7-3-2-4-15-9(6)7/h5H,2-4H2,1H3. The van der Waals surface area contributed by atoms with Crippen molar-refractivity contribution in [1.29, 1.82) is 0 Å². The Hall–Kier alpha value is -0.850. The lowest BCUT2D eigenvalue weighted by Crippen LogP contribution is -2.15. The number of rotatable bonds is 1. The normalized spacial score (nSPS) is 14.0. The average molecular weight is 319 g/mol. The molecule has 0 radical (unpaired) electrons. The Morgan fingerprint density at radius 3 is 3.20 bits per heavy atom. The number of methoxy groups -OCH3 is 1. The van der Waals surface area contributed by atoms with Crippen LogP contribution >= 0.6 is 22.6 Å². The fourth-order valence-electron chi connectivity index (χ4n) is 1.56.